The van der Waals surface area contributed by atoms with Gasteiger partial charge >= 0.3 is 0 Å². The second-order valence-corrected chi connectivity index (χ2v) is 9.76. The molecule has 0 fully saturated rings. The van der Waals surface area contributed by atoms with Crippen LogP contribution in [-0.4, -0.2) is 77.1 Å². The molecular weight excluding hydrogens is 464 g/mol. The molecule has 2 aliphatic rings. The Morgan fingerprint density at radius 2 is 1.94 bits per heavy atom. The lowest BCUT2D eigenvalue weighted by molar-refractivity contribution is -0.140. The minimum Gasteiger partial charge on any atom is -0.493 e. The van der Waals surface area contributed by atoms with Crippen molar-refractivity contribution in [2.45, 2.75) is 77.2 Å². The van der Waals surface area contributed by atoms with Crippen LogP contribution in [0.4, 0.5) is 0 Å². The first kappa shape index (κ1) is 28.0. The molecule has 0 radical (unpaired) electrons. The topological polar surface area (TPSA) is 129 Å². The molecule has 0 aromatic heterocycles. The lowest BCUT2D eigenvalue weighted by atomic mass is 9.77. The molecule has 0 spiro atoms. The van der Waals surface area contributed by atoms with Crippen molar-refractivity contribution in [3.8, 4) is 11.5 Å². The first-order valence-electron chi connectivity index (χ1n) is 12.9. The van der Waals surface area contributed by atoms with E-state index in [1.165, 1.54) is 7.11 Å². The molecule has 0 bridgehead atoms. The summed E-state index contributed by atoms with van der Waals surface area (Å²) in [5.74, 6) is -0.592. The molecule has 1 heterocycles. The zero-order valence-electron chi connectivity index (χ0n) is 21.7. The summed E-state index contributed by atoms with van der Waals surface area (Å²) in [6.45, 7) is 5.85. The Kier molecular flexibility index (Phi) is 9.76. The number of hydrogen-bond donors (Lipinski definition) is 4. The number of aliphatic hydroxyl groups is 3. The number of amides is 2. The fourth-order valence-electron chi connectivity index (χ4n) is 5.07. The number of rotatable bonds is 12. The third-order valence-electron chi connectivity index (χ3n) is 6.88. The van der Waals surface area contributed by atoms with Crippen LogP contribution >= 0.6 is 0 Å². The Hall–Kier alpha value is -2.62. The molecule has 0 unspecified atom stereocenters. The van der Waals surface area contributed by atoms with Crippen LogP contribution in [0.25, 0.3) is 0 Å². The van der Waals surface area contributed by atoms with Crippen molar-refractivity contribution < 1.29 is 34.4 Å². The van der Waals surface area contributed by atoms with Gasteiger partial charge in [-0.3, -0.25) is 9.59 Å². The number of hydrogen-bond acceptors (Lipinski definition) is 7. The molecule has 0 saturated carbocycles. The molecular formula is C27H40N2O7. The van der Waals surface area contributed by atoms with Gasteiger partial charge in [-0.05, 0) is 30.2 Å². The molecule has 1 aromatic rings. The molecule has 36 heavy (non-hydrogen) atoms. The van der Waals surface area contributed by atoms with Gasteiger partial charge in [-0.25, -0.2) is 0 Å². The number of ether oxygens (including phenoxy) is 2. The van der Waals surface area contributed by atoms with Gasteiger partial charge in [-0.1, -0.05) is 40.0 Å². The van der Waals surface area contributed by atoms with Crippen molar-refractivity contribution in [3.05, 3.63) is 34.9 Å². The van der Waals surface area contributed by atoms with Crippen molar-refractivity contribution in [1.29, 1.82) is 0 Å². The van der Waals surface area contributed by atoms with E-state index < -0.39 is 30.1 Å². The predicted molar refractivity (Wildman–Crippen MR) is 135 cm³/mol. The first-order chi connectivity index (χ1) is 17.3. The lowest BCUT2D eigenvalue weighted by Crippen LogP contribution is -2.56. The molecule has 1 aliphatic heterocycles. The van der Waals surface area contributed by atoms with Gasteiger partial charge in [0.15, 0.2) is 11.5 Å². The molecule has 1 aliphatic carbocycles. The molecule has 4 atom stereocenters. The molecule has 1 aromatic carbocycles. The molecule has 0 saturated heterocycles. The van der Waals surface area contributed by atoms with E-state index in [2.05, 4.69) is 12.2 Å². The lowest BCUT2D eigenvalue weighted by Gasteiger charge is -2.41. The Bertz CT molecular complexity index is 962. The summed E-state index contributed by atoms with van der Waals surface area (Å²) in [5.41, 5.74) is 1.58. The Labute approximate surface area is 213 Å². The summed E-state index contributed by atoms with van der Waals surface area (Å²) in [6, 6.07) is 2.66. The highest BCUT2D eigenvalue weighted by Gasteiger charge is 2.51. The number of carbonyl (C=O) groups excluding carboxylic acids is 2. The van der Waals surface area contributed by atoms with Gasteiger partial charge in [-0.2, -0.15) is 0 Å². The number of unbranched alkanes of at least 4 members (excludes halogenated alkanes) is 3. The number of methoxy groups -OCH3 is 1. The summed E-state index contributed by atoms with van der Waals surface area (Å²) >= 11 is 0. The van der Waals surface area contributed by atoms with Crippen molar-refractivity contribution >= 4 is 11.8 Å². The molecule has 2 amide bonds. The van der Waals surface area contributed by atoms with E-state index in [1.807, 2.05) is 13.8 Å². The van der Waals surface area contributed by atoms with Crippen LogP contribution in [-0.2, 0) is 16.2 Å². The Morgan fingerprint density at radius 1 is 1.19 bits per heavy atom. The number of fused-ring (bicyclic) bond motifs is 3. The van der Waals surface area contributed by atoms with E-state index in [4.69, 9.17) is 9.47 Å². The summed E-state index contributed by atoms with van der Waals surface area (Å²) in [7, 11) is 1.49. The smallest absolute Gasteiger partial charge is 0.247 e. The highest BCUT2D eigenvalue weighted by Crippen LogP contribution is 2.51. The SMILES string of the molecule is CCCCCCN(C(=O)C(C)C)[C@@H]1C=C(C(=O)NCCO)[C@@H]2c3cc(CO)cc(OC)c3O[C@@H]2[C@H]1O. The third-order valence-corrected chi connectivity index (χ3v) is 6.88. The number of aliphatic hydroxyl groups excluding tert-OH is 3. The Balaban J connectivity index is 2.08. The molecule has 4 N–H and O–H groups in total. The maximum absolute atomic E-state index is 13.3. The monoisotopic (exact) mass is 504 g/mol. The summed E-state index contributed by atoms with van der Waals surface area (Å²) in [6.07, 6.45) is 3.63. The van der Waals surface area contributed by atoms with Gasteiger partial charge < -0.3 is 35.0 Å². The quantitative estimate of drug-likeness (QED) is 0.320. The normalized spacial score (nSPS) is 22.4. The van der Waals surface area contributed by atoms with Crippen molar-refractivity contribution in [2.75, 3.05) is 26.8 Å². The number of nitrogens with one attached hydrogen (secondary N) is 1. The van der Waals surface area contributed by atoms with Crippen molar-refractivity contribution in [3.63, 3.8) is 0 Å². The van der Waals surface area contributed by atoms with Crippen LogP contribution in [0.2, 0.25) is 0 Å². The van der Waals surface area contributed by atoms with E-state index in [0.29, 0.717) is 34.7 Å². The summed E-state index contributed by atoms with van der Waals surface area (Å²) < 4.78 is 11.7. The van der Waals surface area contributed by atoms with Crippen molar-refractivity contribution in [1.82, 2.24) is 10.2 Å². The van der Waals surface area contributed by atoms with Gasteiger partial charge in [0.1, 0.15) is 12.2 Å². The molecule has 9 heteroatoms. The van der Waals surface area contributed by atoms with Crippen molar-refractivity contribution in [2.24, 2.45) is 5.92 Å². The molecule has 200 valence electrons. The minimum absolute atomic E-state index is 0.0696. The Morgan fingerprint density at radius 3 is 2.56 bits per heavy atom. The maximum atomic E-state index is 13.3. The predicted octanol–water partition coefficient (Wildman–Crippen LogP) is 1.87. The zero-order valence-corrected chi connectivity index (χ0v) is 21.7. The largest absolute Gasteiger partial charge is 0.493 e. The highest BCUT2D eigenvalue weighted by atomic mass is 16.5. The fraction of sp³-hybridized carbons (Fsp3) is 0.630. The van der Waals surface area contributed by atoms with E-state index in [0.717, 1.165) is 25.7 Å². The van der Waals surface area contributed by atoms with Gasteiger partial charge in [-0.15, -0.1) is 0 Å². The standard InChI is InChI=1S/C27H40N2O7/c1-5-6-7-8-10-29(27(34)16(2)3)20-14-19(26(33)28-9-11-30)22-18-12-17(15-31)13-21(35-4)24(18)36-25(22)23(20)32/h12-14,16,20,22-23,25,30-32H,5-11,15H2,1-4H3,(H,28,33)/t20-,22+,23+,25+/m1/s1. The number of nitrogens with zero attached hydrogens (tertiary/aromatic N) is 1. The average molecular weight is 505 g/mol. The molecule has 9 nitrogen and oxygen atoms in total. The minimum atomic E-state index is -1.09. The van der Waals surface area contributed by atoms with Crippen LogP contribution in [0.3, 0.4) is 0 Å². The van der Waals surface area contributed by atoms with Crippen LogP contribution in [0, 0.1) is 5.92 Å². The molecule has 3 rings (SSSR count). The van der Waals surface area contributed by atoms with E-state index >= 15 is 0 Å². The second kappa shape index (κ2) is 12.6. The van der Waals surface area contributed by atoms with E-state index in [1.54, 1.807) is 23.1 Å². The number of benzene rings is 1. The van der Waals surface area contributed by atoms with Gasteiger partial charge in [0.05, 0.1) is 32.3 Å². The summed E-state index contributed by atoms with van der Waals surface area (Å²) in [4.78, 5) is 28.2. The van der Waals surface area contributed by atoms with Gasteiger partial charge in [0.2, 0.25) is 11.8 Å². The zero-order chi connectivity index (χ0) is 26.4. The van der Waals surface area contributed by atoms with Crippen LogP contribution < -0.4 is 14.8 Å². The summed E-state index contributed by atoms with van der Waals surface area (Å²) in [5, 5.41) is 33.3. The van der Waals surface area contributed by atoms with Gasteiger partial charge in [0.25, 0.3) is 0 Å². The van der Waals surface area contributed by atoms with Crippen LogP contribution in [0.5, 0.6) is 11.5 Å². The maximum Gasteiger partial charge on any atom is 0.247 e. The van der Waals surface area contributed by atoms with E-state index in [9.17, 15) is 24.9 Å². The first-order valence-corrected chi connectivity index (χ1v) is 12.9. The van der Waals surface area contributed by atoms with E-state index in [-0.39, 0.29) is 31.6 Å². The average Bonchev–Trinajstić information content (AvgIpc) is 3.27. The van der Waals surface area contributed by atoms with Crippen LogP contribution in [0.1, 0.15) is 63.5 Å². The highest BCUT2D eigenvalue weighted by molar-refractivity contribution is 5.96. The van der Waals surface area contributed by atoms with Gasteiger partial charge in [0, 0.05) is 30.1 Å². The second-order valence-electron chi connectivity index (χ2n) is 9.76. The third kappa shape index (κ3) is 5.68. The van der Waals surface area contributed by atoms with Crippen LogP contribution in [0.15, 0.2) is 23.8 Å². The fourth-order valence-corrected chi connectivity index (χ4v) is 5.07. The number of carbonyl (C=O) groups is 2.